The highest BCUT2D eigenvalue weighted by Gasteiger charge is 2.05. The van der Waals surface area contributed by atoms with Crippen LogP contribution < -0.4 is 10.5 Å². The minimum absolute atomic E-state index is 0.0121. The molecule has 0 aliphatic heterocycles. The van der Waals surface area contributed by atoms with E-state index in [0.717, 1.165) is 12.8 Å². The first kappa shape index (κ1) is 15.1. The molecule has 102 valence electrons. The van der Waals surface area contributed by atoms with Gasteiger partial charge in [-0.1, -0.05) is 29.8 Å². The van der Waals surface area contributed by atoms with Gasteiger partial charge < -0.3 is 5.32 Å². The number of hydrogen-bond acceptors (Lipinski definition) is 3. The summed E-state index contributed by atoms with van der Waals surface area (Å²) in [4.78, 5) is 0. The molecule has 18 heavy (non-hydrogen) atoms. The fourth-order valence-electron chi connectivity index (χ4n) is 1.80. The summed E-state index contributed by atoms with van der Waals surface area (Å²) in [6, 6.07) is 8.72. The molecule has 0 saturated heterocycles. The highest BCUT2D eigenvalue weighted by atomic mass is 32.2. The van der Waals surface area contributed by atoms with Crippen LogP contribution in [0.1, 0.15) is 24.5 Å². The van der Waals surface area contributed by atoms with Gasteiger partial charge >= 0.3 is 0 Å². The minimum atomic E-state index is -3.36. The third kappa shape index (κ3) is 6.74. The Labute approximate surface area is 110 Å². The van der Waals surface area contributed by atoms with Crippen molar-refractivity contribution in [3.05, 3.63) is 35.4 Å². The molecular formula is C13H22N2O2S. The first-order valence-electron chi connectivity index (χ1n) is 6.16. The van der Waals surface area contributed by atoms with Crippen LogP contribution in [-0.4, -0.2) is 26.8 Å². The van der Waals surface area contributed by atoms with E-state index in [1.807, 2.05) is 0 Å². The highest BCUT2D eigenvalue weighted by Crippen LogP contribution is 2.07. The van der Waals surface area contributed by atoms with E-state index in [-0.39, 0.29) is 11.8 Å². The molecule has 1 atom stereocenters. The summed E-state index contributed by atoms with van der Waals surface area (Å²) in [5, 5.41) is 8.10. The van der Waals surface area contributed by atoms with Gasteiger partial charge in [0.25, 0.3) is 0 Å². The maximum absolute atomic E-state index is 10.8. The van der Waals surface area contributed by atoms with Crippen LogP contribution in [0.4, 0.5) is 0 Å². The molecule has 0 amide bonds. The standard InChI is InChI=1S/C13H22N2O2S/c1-11-4-3-5-13(10-11)7-6-12(2)15-8-9-18(14,16)17/h3-5,10,12,15H,6-9H2,1-2H3,(H2,14,16,17). The zero-order valence-corrected chi connectivity index (χ0v) is 11.8. The van der Waals surface area contributed by atoms with E-state index in [1.165, 1.54) is 11.1 Å². The van der Waals surface area contributed by atoms with Gasteiger partial charge in [-0.15, -0.1) is 0 Å². The third-order valence-corrected chi connectivity index (χ3v) is 3.60. The third-order valence-electron chi connectivity index (χ3n) is 2.83. The van der Waals surface area contributed by atoms with E-state index in [1.54, 1.807) is 0 Å². The largest absolute Gasteiger partial charge is 0.313 e. The summed E-state index contributed by atoms with van der Waals surface area (Å²) in [5.74, 6) is -0.0121. The van der Waals surface area contributed by atoms with Crippen molar-refractivity contribution in [1.82, 2.24) is 5.32 Å². The van der Waals surface area contributed by atoms with Gasteiger partial charge in [0.05, 0.1) is 5.75 Å². The van der Waals surface area contributed by atoms with E-state index in [2.05, 4.69) is 43.4 Å². The van der Waals surface area contributed by atoms with Crippen molar-refractivity contribution >= 4 is 10.0 Å². The van der Waals surface area contributed by atoms with Crippen LogP contribution in [0.2, 0.25) is 0 Å². The molecule has 0 saturated carbocycles. The molecule has 5 heteroatoms. The maximum atomic E-state index is 10.8. The lowest BCUT2D eigenvalue weighted by Gasteiger charge is -2.13. The fraction of sp³-hybridized carbons (Fsp3) is 0.538. The summed E-state index contributed by atoms with van der Waals surface area (Å²) in [5.41, 5.74) is 2.58. The second-order valence-corrected chi connectivity index (χ2v) is 6.48. The SMILES string of the molecule is Cc1cccc(CCC(C)NCCS(N)(=O)=O)c1. The normalized spacial score (nSPS) is 13.5. The first-order chi connectivity index (χ1) is 8.37. The van der Waals surface area contributed by atoms with Crippen LogP contribution in [0.5, 0.6) is 0 Å². The van der Waals surface area contributed by atoms with Crippen molar-refractivity contribution in [3.63, 3.8) is 0 Å². The van der Waals surface area contributed by atoms with Gasteiger partial charge in [0.15, 0.2) is 0 Å². The van der Waals surface area contributed by atoms with Gasteiger partial charge in [0.1, 0.15) is 0 Å². The van der Waals surface area contributed by atoms with Crippen LogP contribution in [-0.2, 0) is 16.4 Å². The lowest BCUT2D eigenvalue weighted by Crippen LogP contribution is -2.33. The Kier molecular flexibility index (Phi) is 5.78. The number of primary sulfonamides is 1. The first-order valence-corrected chi connectivity index (χ1v) is 7.88. The van der Waals surface area contributed by atoms with Crippen molar-refractivity contribution < 1.29 is 8.42 Å². The Hall–Kier alpha value is -0.910. The predicted molar refractivity (Wildman–Crippen MR) is 74.9 cm³/mol. The Balaban J connectivity index is 2.27. The Morgan fingerprint density at radius 2 is 2.11 bits per heavy atom. The number of benzene rings is 1. The van der Waals surface area contributed by atoms with Crippen molar-refractivity contribution in [1.29, 1.82) is 0 Å². The Morgan fingerprint density at radius 3 is 2.72 bits per heavy atom. The molecule has 1 unspecified atom stereocenters. The van der Waals surface area contributed by atoms with E-state index in [4.69, 9.17) is 5.14 Å². The summed E-state index contributed by atoms with van der Waals surface area (Å²) in [7, 11) is -3.36. The van der Waals surface area contributed by atoms with E-state index in [0.29, 0.717) is 6.54 Å². The molecule has 0 heterocycles. The molecule has 0 radical (unpaired) electrons. The maximum Gasteiger partial charge on any atom is 0.210 e. The van der Waals surface area contributed by atoms with Gasteiger partial charge in [-0.25, -0.2) is 13.6 Å². The van der Waals surface area contributed by atoms with Crippen LogP contribution in [0.25, 0.3) is 0 Å². The topological polar surface area (TPSA) is 72.2 Å². The summed E-state index contributed by atoms with van der Waals surface area (Å²) in [6.45, 7) is 4.55. The van der Waals surface area contributed by atoms with Gasteiger partial charge in [0.2, 0.25) is 10.0 Å². The smallest absolute Gasteiger partial charge is 0.210 e. The molecule has 3 N–H and O–H groups in total. The van der Waals surface area contributed by atoms with Crippen molar-refractivity contribution in [3.8, 4) is 0 Å². The average Bonchev–Trinajstić information content (AvgIpc) is 2.25. The molecule has 1 aromatic rings. The van der Waals surface area contributed by atoms with E-state index in [9.17, 15) is 8.42 Å². The molecule has 0 spiro atoms. The number of hydrogen-bond donors (Lipinski definition) is 2. The fourth-order valence-corrected chi connectivity index (χ4v) is 2.20. The minimum Gasteiger partial charge on any atom is -0.313 e. The summed E-state index contributed by atoms with van der Waals surface area (Å²) < 4.78 is 21.5. The van der Waals surface area contributed by atoms with Crippen molar-refractivity contribution in [2.24, 2.45) is 5.14 Å². The molecule has 1 rings (SSSR count). The number of nitrogens with one attached hydrogen (secondary N) is 1. The number of rotatable bonds is 7. The number of aryl methyl sites for hydroxylation is 2. The van der Waals surface area contributed by atoms with Crippen molar-refractivity contribution in [2.45, 2.75) is 32.7 Å². The molecule has 0 aromatic heterocycles. The molecule has 1 aromatic carbocycles. The van der Waals surface area contributed by atoms with Crippen LogP contribution >= 0.6 is 0 Å². The summed E-state index contributed by atoms with van der Waals surface area (Å²) in [6.07, 6.45) is 1.97. The summed E-state index contributed by atoms with van der Waals surface area (Å²) >= 11 is 0. The van der Waals surface area contributed by atoms with Gasteiger partial charge in [-0.05, 0) is 32.3 Å². The molecule has 4 nitrogen and oxygen atoms in total. The molecular weight excluding hydrogens is 248 g/mol. The van der Waals surface area contributed by atoms with Crippen LogP contribution in [0.3, 0.4) is 0 Å². The lowest BCUT2D eigenvalue weighted by atomic mass is 10.0. The van der Waals surface area contributed by atoms with Crippen molar-refractivity contribution in [2.75, 3.05) is 12.3 Å². The average molecular weight is 270 g/mol. The monoisotopic (exact) mass is 270 g/mol. The quantitative estimate of drug-likeness (QED) is 0.782. The van der Waals surface area contributed by atoms with Gasteiger partial charge in [-0.3, -0.25) is 0 Å². The zero-order valence-electron chi connectivity index (χ0n) is 11.0. The van der Waals surface area contributed by atoms with Gasteiger partial charge in [0, 0.05) is 12.6 Å². The van der Waals surface area contributed by atoms with Gasteiger partial charge in [-0.2, -0.15) is 0 Å². The lowest BCUT2D eigenvalue weighted by molar-refractivity contribution is 0.526. The molecule has 0 aliphatic carbocycles. The predicted octanol–water partition coefficient (Wildman–Crippen LogP) is 1.19. The van der Waals surface area contributed by atoms with E-state index >= 15 is 0 Å². The second kappa shape index (κ2) is 6.87. The molecule has 0 fully saturated rings. The second-order valence-electron chi connectivity index (χ2n) is 4.75. The number of sulfonamides is 1. The van der Waals surface area contributed by atoms with Crippen LogP contribution in [0, 0.1) is 6.92 Å². The number of nitrogens with two attached hydrogens (primary N) is 1. The Bertz CT molecular complexity index is 472. The van der Waals surface area contributed by atoms with Crippen LogP contribution in [0.15, 0.2) is 24.3 Å². The molecule has 0 aliphatic rings. The highest BCUT2D eigenvalue weighted by molar-refractivity contribution is 7.89. The van der Waals surface area contributed by atoms with E-state index < -0.39 is 10.0 Å². The Morgan fingerprint density at radius 1 is 1.39 bits per heavy atom. The molecule has 0 bridgehead atoms. The zero-order chi connectivity index (χ0) is 13.6.